The van der Waals surface area contributed by atoms with Crippen LogP contribution in [0.3, 0.4) is 0 Å². The molecule has 5 heteroatoms. The number of aryl methyl sites for hydroxylation is 1. The largest absolute Gasteiger partial charge is 0.481 e. The van der Waals surface area contributed by atoms with E-state index in [1.165, 1.54) is 0 Å². The fourth-order valence-corrected chi connectivity index (χ4v) is 1.50. The zero-order chi connectivity index (χ0) is 13.8. The molecule has 0 aliphatic carbocycles. The van der Waals surface area contributed by atoms with Crippen molar-refractivity contribution in [1.82, 2.24) is 15.3 Å². The Balaban J connectivity index is 2.61. The number of hydrogen-bond acceptors (Lipinski definition) is 5. The zero-order valence-electron chi connectivity index (χ0n) is 12.2. The standard InChI is InChI=1S/C13H24N4O/c1-10-9-11(18-6)16-12(15-10)17(5)8-7-14-13(2,3)4/h9,14H,7-8H2,1-6H3. The predicted molar refractivity (Wildman–Crippen MR) is 74.3 cm³/mol. The second-order valence-electron chi connectivity index (χ2n) is 5.45. The van der Waals surface area contributed by atoms with E-state index in [-0.39, 0.29) is 5.54 Å². The Morgan fingerprint density at radius 3 is 2.56 bits per heavy atom. The molecule has 1 rings (SSSR count). The molecule has 0 saturated carbocycles. The van der Waals surface area contributed by atoms with Crippen LogP contribution in [-0.4, -0.2) is 42.8 Å². The lowest BCUT2D eigenvalue weighted by molar-refractivity contribution is 0.396. The molecular formula is C13H24N4O. The van der Waals surface area contributed by atoms with E-state index in [9.17, 15) is 0 Å². The number of hydrogen-bond donors (Lipinski definition) is 1. The average molecular weight is 252 g/mol. The maximum atomic E-state index is 5.15. The molecule has 5 nitrogen and oxygen atoms in total. The van der Waals surface area contributed by atoms with Crippen molar-refractivity contribution in [3.63, 3.8) is 0 Å². The first-order chi connectivity index (χ1) is 8.31. The van der Waals surface area contributed by atoms with Crippen molar-refractivity contribution in [3.8, 4) is 5.88 Å². The molecule has 0 aromatic carbocycles. The van der Waals surface area contributed by atoms with Crippen LogP contribution in [0.5, 0.6) is 5.88 Å². The number of nitrogens with zero attached hydrogens (tertiary/aromatic N) is 3. The predicted octanol–water partition coefficient (Wildman–Crippen LogP) is 1.62. The average Bonchev–Trinajstić information content (AvgIpc) is 2.26. The SMILES string of the molecule is COc1cc(C)nc(N(C)CCNC(C)(C)C)n1. The van der Waals surface area contributed by atoms with Crippen LogP contribution < -0.4 is 15.0 Å². The molecular weight excluding hydrogens is 228 g/mol. The molecule has 0 aliphatic rings. The van der Waals surface area contributed by atoms with Gasteiger partial charge in [-0.25, -0.2) is 4.98 Å². The highest BCUT2D eigenvalue weighted by atomic mass is 16.5. The summed E-state index contributed by atoms with van der Waals surface area (Å²) in [5.74, 6) is 1.30. The topological polar surface area (TPSA) is 50.3 Å². The minimum absolute atomic E-state index is 0.131. The number of likely N-dealkylation sites (N-methyl/N-ethyl adjacent to an activating group) is 1. The lowest BCUT2D eigenvalue weighted by Crippen LogP contribution is -2.40. The maximum Gasteiger partial charge on any atom is 0.228 e. The monoisotopic (exact) mass is 252 g/mol. The fourth-order valence-electron chi connectivity index (χ4n) is 1.50. The number of rotatable bonds is 5. The van der Waals surface area contributed by atoms with Gasteiger partial charge in [0.15, 0.2) is 0 Å². The van der Waals surface area contributed by atoms with Gasteiger partial charge in [0.1, 0.15) is 0 Å². The van der Waals surface area contributed by atoms with E-state index >= 15 is 0 Å². The molecule has 1 aromatic rings. The van der Waals surface area contributed by atoms with Crippen molar-refractivity contribution in [2.45, 2.75) is 33.2 Å². The van der Waals surface area contributed by atoms with Crippen molar-refractivity contribution in [2.75, 3.05) is 32.1 Å². The highest BCUT2D eigenvalue weighted by Crippen LogP contribution is 2.13. The third kappa shape index (κ3) is 4.87. The molecule has 0 saturated heterocycles. The summed E-state index contributed by atoms with van der Waals surface area (Å²) < 4.78 is 5.15. The van der Waals surface area contributed by atoms with Crippen molar-refractivity contribution in [2.24, 2.45) is 0 Å². The molecule has 0 atom stereocenters. The summed E-state index contributed by atoms with van der Waals surface area (Å²) in [7, 11) is 3.60. The van der Waals surface area contributed by atoms with Gasteiger partial charge in [-0.2, -0.15) is 4.98 Å². The molecule has 0 fully saturated rings. The van der Waals surface area contributed by atoms with Gasteiger partial charge in [0.2, 0.25) is 11.8 Å². The molecule has 18 heavy (non-hydrogen) atoms. The van der Waals surface area contributed by atoms with Crippen LogP contribution in [0, 0.1) is 6.92 Å². The highest BCUT2D eigenvalue weighted by molar-refractivity contribution is 5.33. The van der Waals surface area contributed by atoms with Gasteiger partial charge < -0.3 is 15.0 Å². The molecule has 0 amide bonds. The van der Waals surface area contributed by atoms with Crippen molar-refractivity contribution in [3.05, 3.63) is 11.8 Å². The second kappa shape index (κ2) is 6.00. The van der Waals surface area contributed by atoms with Crippen LogP contribution >= 0.6 is 0 Å². The van der Waals surface area contributed by atoms with E-state index in [1.807, 2.05) is 24.9 Å². The summed E-state index contributed by atoms with van der Waals surface area (Å²) in [5, 5.41) is 3.44. The van der Waals surface area contributed by atoms with Crippen molar-refractivity contribution >= 4 is 5.95 Å². The Bertz CT molecular complexity index is 387. The van der Waals surface area contributed by atoms with Gasteiger partial charge in [-0.15, -0.1) is 0 Å². The van der Waals surface area contributed by atoms with Gasteiger partial charge in [-0.1, -0.05) is 0 Å². The minimum atomic E-state index is 0.131. The van der Waals surface area contributed by atoms with Crippen molar-refractivity contribution in [1.29, 1.82) is 0 Å². The molecule has 1 N–H and O–H groups in total. The van der Waals surface area contributed by atoms with Crippen LogP contribution in [0.2, 0.25) is 0 Å². The number of aromatic nitrogens is 2. The van der Waals surface area contributed by atoms with E-state index in [0.29, 0.717) is 11.8 Å². The molecule has 0 aliphatic heterocycles. The summed E-state index contributed by atoms with van der Waals surface area (Å²) >= 11 is 0. The Morgan fingerprint density at radius 1 is 1.33 bits per heavy atom. The molecule has 1 heterocycles. The fraction of sp³-hybridized carbons (Fsp3) is 0.692. The van der Waals surface area contributed by atoms with E-state index < -0.39 is 0 Å². The number of methoxy groups -OCH3 is 1. The number of ether oxygens (including phenoxy) is 1. The lowest BCUT2D eigenvalue weighted by atomic mass is 10.1. The van der Waals surface area contributed by atoms with Gasteiger partial charge in [0, 0.05) is 37.4 Å². The first kappa shape index (κ1) is 14.7. The van der Waals surface area contributed by atoms with Crippen LogP contribution in [0.15, 0.2) is 6.07 Å². The van der Waals surface area contributed by atoms with Gasteiger partial charge in [0.25, 0.3) is 0 Å². The maximum absolute atomic E-state index is 5.15. The van der Waals surface area contributed by atoms with Crippen LogP contribution in [0.4, 0.5) is 5.95 Å². The van der Waals surface area contributed by atoms with E-state index in [1.54, 1.807) is 7.11 Å². The Kier molecular flexibility index (Phi) is 4.90. The quantitative estimate of drug-likeness (QED) is 0.863. The lowest BCUT2D eigenvalue weighted by Gasteiger charge is -2.23. The molecule has 0 radical (unpaired) electrons. The summed E-state index contributed by atoms with van der Waals surface area (Å²) in [4.78, 5) is 10.8. The molecule has 0 spiro atoms. The number of anilines is 1. The summed E-state index contributed by atoms with van der Waals surface area (Å²) in [6.07, 6.45) is 0. The second-order valence-corrected chi connectivity index (χ2v) is 5.45. The molecule has 0 unspecified atom stereocenters. The van der Waals surface area contributed by atoms with E-state index in [2.05, 4.69) is 36.1 Å². The smallest absolute Gasteiger partial charge is 0.228 e. The Labute approximate surface area is 110 Å². The van der Waals surface area contributed by atoms with E-state index in [0.717, 1.165) is 18.8 Å². The van der Waals surface area contributed by atoms with Crippen molar-refractivity contribution < 1.29 is 4.74 Å². The summed E-state index contributed by atoms with van der Waals surface area (Å²) in [6.45, 7) is 10.1. The summed E-state index contributed by atoms with van der Waals surface area (Å²) in [5.41, 5.74) is 1.04. The third-order valence-electron chi connectivity index (χ3n) is 2.47. The van der Waals surface area contributed by atoms with Gasteiger partial charge in [-0.3, -0.25) is 0 Å². The molecule has 0 bridgehead atoms. The minimum Gasteiger partial charge on any atom is -0.481 e. The molecule has 1 aromatic heterocycles. The van der Waals surface area contributed by atoms with Crippen LogP contribution in [-0.2, 0) is 0 Å². The zero-order valence-corrected chi connectivity index (χ0v) is 12.2. The number of nitrogens with one attached hydrogen (secondary N) is 1. The Hall–Kier alpha value is -1.36. The molecule has 102 valence electrons. The third-order valence-corrected chi connectivity index (χ3v) is 2.47. The normalized spacial score (nSPS) is 11.4. The first-order valence-electron chi connectivity index (χ1n) is 6.17. The van der Waals surface area contributed by atoms with Gasteiger partial charge >= 0.3 is 0 Å². The first-order valence-corrected chi connectivity index (χ1v) is 6.17. The van der Waals surface area contributed by atoms with Crippen LogP contribution in [0.25, 0.3) is 0 Å². The van der Waals surface area contributed by atoms with Gasteiger partial charge in [-0.05, 0) is 27.7 Å². The van der Waals surface area contributed by atoms with Crippen LogP contribution in [0.1, 0.15) is 26.5 Å². The highest BCUT2D eigenvalue weighted by Gasteiger charge is 2.11. The Morgan fingerprint density at radius 2 is 2.00 bits per heavy atom. The van der Waals surface area contributed by atoms with Gasteiger partial charge in [0.05, 0.1) is 7.11 Å². The summed E-state index contributed by atoms with van der Waals surface area (Å²) in [6, 6.07) is 1.82. The van der Waals surface area contributed by atoms with E-state index in [4.69, 9.17) is 4.74 Å².